The van der Waals surface area contributed by atoms with Gasteiger partial charge in [0, 0.05) is 10.9 Å². The van der Waals surface area contributed by atoms with E-state index in [4.69, 9.17) is 4.74 Å². The van der Waals surface area contributed by atoms with Crippen molar-refractivity contribution in [3.05, 3.63) is 158 Å². The third-order valence-corrected chi connectivity index (χ3v) is 9.62. The van der Waals surface area contributed by atoms with Crippen molar-refractivity contribution < 1.29 is 4.74 Å². The van der Waals surface area contributed by atoms with Crippen LogP contribution in [0.2, 0.25) is 0 Å². The second-order valence-corrected chi connectivity index (χ2v) is 12.0. The van der Waals surface area contributed by atoms with Gasteiger partial charge in [0.15, 0.2) is 0 Å². The summed E-state index contributed by atoms with van der Waals surface area (Å²) in [5.41, 5.74) is 7.35. The molecule has 0 saturated heterocycles. The molecular weight excluding hydrogens is 544 g/mol. The molecule has 1 nitrogen and oxygen atoms in total. The van der Waals surface area contributed by atoms with Crippen LogP contribution in [-0.4, -0.2) is 0 Å². The first-order chi connectivity index (χ1) is 22.3. The maximum atomic E-state index is 6.50. The molecule has 9 aromatic carbocycles. The summed E-state index contributed by atoms with van der Waals surface area (Å²) in [4.78, 5) is 0. The van der Waals surface area contributed by atoms with Gasteiger partial charge in [0.05, 0.1) is 0 Å². The van der Waals surface area contributed by atoms with Crippen molar-refractivity contribution >= 4 is 53.9 Å². The summed E-state index contributed by atoms with van der Waals surface area (Å²) in [6.07, 6.45) is 0. The molecule has 0 fully saturated rings. The summed E-state index contributed by atoms with van der Waals surface area (Å²) in [6.45, 7) is 0. The second kappa shape index (κ2) is 9.29. The van der Waals surface area contributed by atoms with Gasteiger partial charge < -0.3 is 4.74 Å². The predicted molar refractivity (Wildman–Crippen MR) is 190 cm³/mol. The lowest BCUT2D eigenvalue weighted by atomic mass is 9.82. The highest BCUT2D eigenvalue weighted by atomic mass is 16.5. The highest BCUT2D eigenvalue weighted by Gasteiger charge is 2.23. The van der Waals surface area contributed by atoms with Crippen LogP contribution in [0.1, 0.15) is 0 Å². The quantitative estimate of drug-likeness (QED) is 0.148. The Morgan fingerprint density at radius 2 is 0.933 bits per heavy atom. The topological polar surface area (TPSA) is 9.23 Å². The van der Waals surface area contributed by atoms with E-state index in [9.17, 15) is 0 Å². The van der Waals surface area contributed by atoms with Gasteiger partial charge in [-0.1, -0.05) is 140 Å². The van der Waals surface area contributed by atoms with Crippen molar-refractivity contribution in [1.29, 1.82) is 0 Å². The Morgan fingerprint density at radius 1 is 0.311 bits per heavy atom. The van der Waals surface area contributed by atoms with Crippen LogP contribution in [0.5, 0.6) is 11.5 Å². The van der Waals surface area contributed by atoms with Gasteiger partial charge in [-0.2, -0.15) is 0 Å². The van der Waals surface area contributed by atoms with E-state index in [1.165, 1.54) is 81.7 Å². The van der Waals surface area contributed by atoms with E-state index in [1.807, 2.05) is 0 Å². The molecule has 0 bridgehead atoms. The summed E-state index contributed by atoms with van der Waals surface area (Å²) in [5.74, 6) is 1.82. The predicted octanol–water partition coefficient (Wildman–Crippen LogP) is 12.6. The van der Waals surface area contributed by atoms with Crippen LogP contribution >= 0.6 is 0 Å². The standard InChI is InChI=1S/C44H26O/c1-3-15-31-27(10-1)12-7-19-33(31)43-35-18-6-5-17-34(35)42(44-32-16-4-2-11-28(32)22-24-37(43)44)30-23-25-39-38(26-30)36-20-8-13-29-14-9-21-40(45-39)41(29)36/h1-26H. The van der Waals surface area contributed by atoms with Crippen LogP contribution in [-0.2, 0) is 0 Å². The number of hydrogen-bond acceptors (Lipinski definition) is 1. The van der Waals surface area contributed by atoms with Crippen molar-refractivity contribution in [3.63, 3.8) is 0 Å². The van der Waals surface area contributed by atoms with E-state index in [-0.39, 0.29) is 0 Å². The van der Waals surface area contributed by atoms with Gasteiger partial charge in [-0.25, -0.2) is 0 Å². The Balaban J connectivity index is 1.37. The fourth-order valence-corrected chi connectivity index (χ4v) is 7.70. The molecule has 1 aliphatic heterocycles. The smallest absolute Gasteiger partial charge is 0.135 e. The monoisotopic (exact) mass is 570 g/mol. The van der Waals surface area contributed by atoms with Crippen molar-refractivity contribution in [2.24, 2.45) is 0 Å². The Morgan fingerprint density at radius 3 is 1.76 bits per heavy atom. The molecule has 208 valence electrons. The minimum atomic E-state index is 0.899. The van der Waals surface area contributed by atoms with E-state index in [2.05, 4.69) is 158 Å². The Hall–Kier alpha value is -5.92. The molecule has 45 heavy (non-hydrogen) atoms. The summed E-state index contributed by atoms with van der Waals surface area (Å²) < 4.78 is 6.50. The molecule has 0 unspecified atom stereocenters. The molecule has 1 heterocycles. The van der Waals surface area contributed by atoms with Crippen LogP contribution in [0.3, 0.4) is 0 Å². The average Bonchev–Trinajstić information content (AvgIpc) is 3.10. The minimum absolute atomic E-state index is 0.899. The summed E-state index contributed by atoms with van der Waals surface area (Å²) in [7, 11) is 0. The van der Waals surface area contributed by atoms with Crippen molar-refractivity contribution in [2.75, 3.05) is 0 Å². The fraction of sp³-hybridized carbons (Fsp3) is 0. The van der Waals surface area contributed by atoms with Crippen LogP contribution < -0.4 is 4.74 Å². The first-order valence-electron chi connectivity index (χ1n) is 15.5. The number of fused-ring (bicyclic) bond motifs is 7. The van der Waals surface area contributed by atoms with Crippen molar-refractivity contribution in [3.8, 4) is 44.9 Å². The maximum Gasteiger partial charge on any atom is 0.135 e. The third-order valence-electron chi connectivity index (χ3n) is 9.62. The third kappa shape index (κ3) is 3.50. The van der Waals surface area contributed by atoms with E-state index >= 15 is 0 Å². The van der Waals surface area contributed by atoms with Gasteiger partial charge in [-0.3, -0.25) is 0 Å². The summed E-state index contributed by atoms with van der Waals surface area (Å²) >= 11 is 0. The normalized spacial score (nSPS) is 12.2. The lowest BCUT2D eigenvalue weighted by Gasteiger charge is -2.23. The highest BCUT2D eigenvalue weighted by Crippen LogP contribution is 2.51. The molecule has 9 aromatic rings. The van der Waals surface area contributed by atoms with Gasteiger partial charge in [0.1, 0.15) is 11.5 Å². The van der Waals surface area contributed by atoms with Crippen molar-refractivity contribution in [2.45, 2.75) is 0 Å². The fourth-order valence-electron chi connectivity index (χ4n) is 7.70. The van der Waals surface area contributed by atoms with E-state index < -0.39 is 0 Å². The zero-order valence-electron chi connectivity index (χ0n) is 24.4. The Kier molecular flexibility index (Phi) is 5.06. The average molecular weight is 571 g/mol. The van der Waals surface area contributed by atoms with Gasteiger partial charge in [-0.05, 0) is 94.5 Å². The molecule has 0 amide bonds. The van der Waals surface area contributed by atoms with Crippen LogP contribution in [0, 0.1) is 0 Å². The van der Waals surface area contributed by atoms with Crippen LogP contribution in [0.4, 0.5) is 0 Å². The molecule has 0 aliphatic carbocycles. The molecule has 0 saturated carbocycles. The molecule has 0 aromatic heterocycles. The minimum Gasteiger partial charge on any atom is -0.456 e. The molecule has 0 N–H and O–H groups in total. The summed E-state index contributed by atoms with van der Waals surface area (Å²) in [6, 6.07) is 57.4. The molecular formula is C44H26O. The lowest BCUT2D eigenvalue weighted by molar-refractivity contribution is 0.487. The lowest BCUT2D eigenvalue weighted by Crippen LogP contribution is -1.98. The number of hydrogen-bond donors (Lipinski definition) is 0. The molecule has 10 rings (SSSR count). The molecule has 1 aliphatic rings. The highest BCUT2D eigenvalue weighted by molar-refractivity contribution is 6.29. The van der Waals surface area contributed by atoms with Gasteiger partial charge >= 0.3 is 0 Å². The number of ether oxygens (including phenoxy) is 1. The van der Waals surface area contributed by atoms with Gasteiger partial charge in [0.2, 0.25) is 0 Å². The largest absolute Gasteiger partial charge is 0.456 e. The first kappa shape index (κ1) is 24.5. The Labute approximate surface area is 260 Å². The van der Waals surface area contributed by atoms with Crippen LogP contribution in [0.25, 0.3) is 87.2 Å². The zero-order chi connectivity index (χ0) is 29.5. The second-order valence-electron chi connectivity index (χ2n) is 12.0. The molecule has 0 spiro atoms. The number of benzene rings is 9. The van der Waals surface area contributed by atoms with E-state index in [1.54, 1.807) is 0 Å². The summed E-state index contributed by atoms with van der Waals surface area (Å²) in [5, 5.41) is 12.5. The molecule has 1 heteroatoms. The van der Waals surface area contributed by atoms with Gasteiger partial charge in [-0.15, -0.1) is 0 Å². The van der Waals surface area contributed by atoms with E-state index in [0.717, 1.165) is 17.1 Å². The molecule has 0 radical (unpaired) electrons. The van der Waals surface area contributed by atoms with Crippen molar-refractivity contribution in [1.82, 2.24) is 0 Å². The SMILES string of the molecule is c1ccc2c(-c3c4ccccc4c(-c4ccc5c(c4)-c4cccc6cccc(c46)O5)c4c3ccc3ccccc34)cccc2c1. The van der Waals surface area contributed by atoms with Gasteiger partial charge in [0.25, 0.3) is 0 Å². The molecule has 0 atom stereocenters. The zero-order valence-corrected chi connectivity index (χ0v) is 24.4. The maximum absolute atomic E-state index is 6.50. The number of rotatable bonds is 2. The first-order valence-corrected chi connectivity index (χ1v) is 15.5. The van der Waals surface area contributed by atoms with Crippen LogP contribution in [0.15, 0.2) is 158 Å². The van der Waals surface area contributed by atoms with E-state index in [0.29, 0.717) is 0 Å². The Bertz CT molecular complexity index is 2670.